The van der Waals surface area contributed by atoms with Crippen LogP contribution in [0.3, 0.4) is 0 Å². The van der Waals surface area contributed by atoms with Gasteiger partial charge in [0.05, 0.1) is 24.3 Å². The Morgan fingerprint density at radius 1 is 1.53 bits per heavy atom. The second-order valence-corrected chi connectivity index (χ2v) is 5.02. The first kappa shape index (κ1) is 14.0. The summed E-state index contributed by atoms with van der Waals surface area (Å²) < 4.78 is 5.36. The molecule has 0 aliphatic carbocycles. The van der Waals surface area contributed by atoms with Crippen molar-refractivity contribution in [3.05, 3.63) is 24.0 Å². The molecule has 0 radical (unpaired) electrons. The van der Waals surface area contributed by atoms with E-state index in [1.165, 1.54) is 0 Å². The van der Waals surface area contributed by atoms with Crippen LogP contribution in [-0.4, -0.2) is 47.5 Å². The summed E-state index contributed by atoms with van der Waals surface area (Å²) in [4.78, 5) is 19.0. The first-order valence-electron chi connectivity index (χ1n) is 6.66. The van der Waals surface area contributed by atoms with E-state index in [-0.39, 0.29) is 5.78 Å². The number of nitrogens with two attached hydrogens (primary N) is 1. The minimum Gasteiger partial charge on any atom is -0.398 e. The molecule has 5 nitrogen and oxygen atoms in total. The van der Waals surface area contributed by atoms with Gasteiger partial charge in [0.1, 0.15) is 0 Å². The Balaban J connectivity index is 2.30. The Kier molecular flexibility index (Phi) is 4.17. The van der Waals surface area contributed by atoms with Gasteiger partial charge in [-0.2, -0.15) is 0 Å². The molecule has 19 heavy (non-hydrogen) atoms. The number of morpholine rings is 1. The van der Waals surface area contributed by atoms with Gasteiger partial charge in [-0.15, -0.1) is 0 Å². The molecule has 1 aromatic heterocycles. The Hall–Kier alpha value is -1.46. The Labute approximate surface area is 113 Å². The van der Waals surface area contributed by atoms with Crippen molar-refractivity contribution in [3.8, 4) is 0 Å². The van der Waals surface area contributed by atoms with Gasteiger partial charge in [0.15, 0.2) is 5.78 Å². The summed E-state index contributed by atoms with van der Waals surface area (Å²) in [5, 5.41) is 0. The number of anilines is 1. The number of ether oxygens (including phenoxy) is 1. The second-order valence-electron chi connectivity index (χ2n) is 5.02. The number of pyridine rings is 1. The largest absolute Gasteiger partial charge is 0.398 e. The fourth-order valence-corrected chi connectivity index (χ4v) is 2.47. The lowest BCUT2D eigenvalue weighted by Gasteiger charge is -2.41. The number of ketones is 1. The van der Waals surface area contributed by atoms with E-state index >= 15 is 0 Å². The number of Topliss-reactive ketones (excluding diaryl/α,β-unsaturated/α-hetero) is 1. The van der Waals surface area contributed by atoms with Crippen LogP contribution in [0.4, 0.5) is 5.69 Å². The van der Waals surface area contributed by atoms with Crippen LogP contribution in [-0.2, 0) is 4.74 Å². The number of hydrogen-bond donors (Lipinski definition) is 1. The van der Waals surface area contributed by atoms with E-state index in [1.807, 2.05) is 13.8 Å². The SMILES string of the molecule is CCC(C)(C(=O)c1cnccc1N)N1CCOCC1. The summed E-state index contributed by atoms with van der Waals surface area (Å²) in [6.45, 7) is 6.90. The molecule has 1 aliphatic heterocycles. The molecule has 1 atom stereocenters. The van der Waals surface area contributed by atoms with Gasteiger partial charge in [0.2, 0.25) is 0 Å². The van der Waals surface area contributed by atoms with Crippen LogP contribution < -0.4 is 5.73 Å². The maximum Gasteiger partial charge on any atom is 0.186 e. The number of carbonyl (C=O) groups is 1. The molecule has 2 rings (SSSR count). The summed E-state index contributed by atoms with van der Waals surface area (Å²) in [6, 6.07) is 1.67. The molecule has 2 N–H and O–H groups in total. The highest BCUT2D eigenvalue weighted by Gasteiger charge is 2.39. The van der Waals surface area contributed by atoms with E-state index < -0.39 is 5.54 Å². The third kappa shape index (κ3) is 2.62. The molecular weight excluding hydrogens is 242 g/mol. The molecule has 0 aromatic carbocycles. The molecule has 104 valence electrons. The fraction of sp³-hybridized carbons (Fsp3) is 0.571. The second kappa shape index (κ2) is 5.67. The number of rotatable bonds is 4. The van der Waals surface area contributed by atoms with E-state index in [0.717, 1.165) is 19.5 Å². The van der Waals surface area contributed by atoms with Gasteiger partial charge in [-0.25, -0.2) is 0 Å². The summed E-state index contributed by atoms with van der Waals surface area (Å²) in [7, 11) is 0. The molecule has 1 fully saturated rings. The van der Waals surface area contributed by atoms with Crippen LogP contribution in [0.15, 0.2) is 18.5 Å². The van der Waals surface area contributed by atoms with Crippen LogP contribution in [0, 0.1) is 0 Å². The van der Waals surface area contributed by atoms with Gasteiger partial charge in [0, 0.05) is 31.2 Å². The topological polar surface area (TPSA) is 68.5 Å². The van der Waals surface area contributed by atoms with Gasteiger partial charge >= 0.3 is 0 Å². The van der Waals surface area contributed by atoms with Gasteiger partial charge in [-0.1, -0.05) is 6.92 Å². The minimum atomic E-state index is -0.541. The Bertz CT molecular complexity index is 458. The predicted octanol–water partition coefficient (Wildman–Crippen LogP) is 1.35. The van der Waals surface area contributed by atoms with Crippen LogP contribution in [0.25, 0.3) is 0 Å². The predicted molar refractivity (Wildman–Crippen MR) is 74.1 cm³/mol. The smallest absolute Gasteiger partial charge is 0.186 e. The summed E-state index contributed by atoms with van der Waals surface area (Å²) in [6.07, 6.45) is 3.90. The van der Waals surface area contributed by atoms with Crippen molar-refractivity contribution in [2.24, 2.45) is 0 Å². The molecule has 1 saturated heterocycles. The number of carbonyl (C=O) groups excluding carboxylic acids is 1. The van der Waals surface area contributed by atoms with Crippen LogP contribution in [0.1, 0.15) is 30.6 Å². The first-order chi connectivity index (χ1) is 9.09. The van der Waals surface area contributed by atoms with E-state index in [4.69, 9.17) is 10.5 Å². The van der Waals surface area contributed by atoms with Crippen LogP contribution in [0.2, 0.25) is 0 Å². The van der Waals surface area contributed by atoms with Crippen LogP contribution >= 0.6 is 0 Å². The molecule has 0 bridgehead atoms. The van der Waals surface area contributed by atoms with Crippen molar-refractivity contribution >= 4 is 11.5 Å². The standard InChI is InChI=1S/C14H21N3O2/c1-3-14(2,17-6-8-19-9-7-17)13(18)11-10-16-5-4-12(11)15/h4-5,10H,3,6-9H2,1-2H3,(H2,15,16). The molecule has 2 heterocycles. The van der Waals surface area contributed by atoms with Gasteiger partial charge in [-0.3, -0.25) is 14.7 Å². The monoisotopic (exact) mass is 263 g/mol. The molecule has 5 heteroatoms. The lowest BCUT2D eigenvalue weighted by atomic mass is 9.86. The van der Waals surface area contributed by atoms with E-state index in [9.17, 15) is 4.79 Å². The maximum absolute atomic E-state index is 12.8. The average Bonchev–Trinajstić information content (AvgIpc) is 2.47. The van der Waals surface area contributed by atoms with Crippen LogP contribution in [0.5, 0.6) is 0 Å². The van der Waals surface area contributed by atoms with Gasteiger partial charge < -0.3 is 10.5 Å². The van der Waals surface area contributed by atoms with Crippen molar-refractivity contribution in [1.29, 1.82) is 0 Å². The molecule has 1 aromatic rings. The zero-order valence-electron chi connectivity index (χ0n) is 11.6. The molecule has 1 unspecified atom stereocenters. The van der Waals surface area contributed by atoms with Crippen molar-refractivity contribution in [3.63, 3.8) is 0 Å². The zero-order chi connectivity index (χ0) is 13.9. The van der Waals surface area contributed by atoms with E-state index in [0.29, 0.717) is 24.5 Å². The lowest BCUT2D eigenvalue weighted by Crippen LogP contribution is -2.56. The zero-order valence-corrected chi connectivity index (χ0v) is 11.6. The number of hydrogen-bond acceptors (Lipinski definition) is 5. The third-order valence-corrected chi connectivity index (χ3v) is 3.99. The molecular formula is C14H21N3O2. The van der Waals surface area contributed by atoms with Gasteiger partial charge in [-0.05, 0) is 19.4 Å². The summed E-state index contributed by atoms with van der Waals surface area (Å²) >= 11 is 0. The van der Waals surface area contributed by atoms with Crippen molar-refractivity contribution in [2.75, 3.05) is 32.0 Å². The quantitative estimate of drug-likeness (QED) is 0.830. The normalized spacial score (nSPS) is 19.9. The third-order valence-electron chi connectivity index (χ3n) is 3.99. The number of aromatic nitrogens is 1. The Morgan fingerprint density at radius 2 is 2.21 bits per heavy atom. The van der Waals surface area contributed by atoms with Gasteiger partial charge in [0.25, 0.3) is 0 Å². The summed E-state index contributed by atoms with van der Waals surface area (Å²) in [5.41, 5.74) is 6.36. The van der Waals surface area contributed by atoms with E-state index in [2.05, 4.69) is 9.88 Å². The first-order valence-corrected chi connectivity index (χ1v) is 6.66. The molecule has 0 saturated carbocycles. The van der Waals surface area contributed by atoms with Crippen molar-refractivity contribution < 1.29 is 9.53 Å². The highest BCUT2D eigenvalue weighted by Crippen LogP contribution is 2.27. The molecule has 1 aliphatic rings. The fourth-order valence-electron chi connectivity index (χ4n) is 2.47. The number of nitrogens with zero attached hydrogens (tertiary/aromatic N) is 2. The highest BCUT2D eigenvalue weighted by molar-refractivity contribution is 6.06. The highest BCUT2D eigenvalue weighted by atomic mass is 16.5. The van der Waals surface area contributed by atoms with Crippen molar-refractivity contribution in [2.45, 2.75) is 25.8 Å². The average molecular weight is 263 g/mol. The number of nitrogen functional groups attached to an aromatic ring is 1. The lowest BCUT2D eigenvalue weighted by molar-refractivity contribution is -0.0106. The molecule has 0 spiro atoms. The van der Waals surface area contributed by atoms with E-state index in [1.54, 1.807) is 18.5 Å². The minimum absolute atomic E-state index is 0.0440. The Morgan fingerprint density at radius 3 is 2.79 bits per heavy atom. The maximum atomic E-state index is 12.8. The summed E-state index contributed by atoms with van der Waals surface area (Å²) in [5.74, 6) is 0.0440. The molecule has 0 amide bonds. The van der Waals surface area contributed by atoms with Crippen molar-refractivity contribution in [1.82, 2.24) is 9.88 Å².